The monoisotopic (exact) mass is 393 g/mol. The number of pyridine rings is 1. The molecule has 2 aromatic rings. The molecule has 138 valence electrons. The van der Waals surface area contributed by atoms with Gasteiger partial charge in [0, 0.05) is 30.0 Å². The van der Waals surface area contributed by atoms with Crippen LogP contribution in [-0.4, -0.2) is 43.9 Å². The molecule has 1 amide bonds. The molecule has 0 saturated carbocycles. The van der Waals surface area contributed by atoms with Crippen molar-refractivity contribution >= 4 is 38.9 Å². The highest BCUT2D eigenvalue weighted by Crippen LogP contribution is 2.23. The van der Waals surface area contributed by atoms with Crippen molar-refractivity contribution in [1.82, 2.24) is 4.98 Å². The molecule has 1 unspecified atom stereocenters. The van der Waals surface area contributed by atoms with E-state index in [1.165, 1.54) is 6.20 Å². The minimum atomic E-state index is -2.95. The fourth-order valence-electron chi connectivity index (χ4n) is 2.96. The Labute approximate surface area is 158 Å². The number of aromatic nitrogens is 1. The summed E-state index contributed by atoms with van der Waals surface area (Å²) in [4.78, 5) is 18.6. The predicted octanol–water partition coefficient (Wildman–Crippen LogP) is 2.92. The quantitative estimate of drug-likeness (QED) is 0.863. The predicted molar refractivity (Wildman–Crippen MR) is 104 cm³/mol. The third-order valence-electron chi connectivity index (χ3n) is 4.56. The van der Waals surface area contributed by atoms with E-state index in [4.69, 9.17) is 11.6 Å². The average Bonchev–Trinajstić information content (AvgIpc) is 2.97. The number of hydrogen-bond donors (Lipinski definition) is 1. The van der Waals surface area contributed by atoms with Crippen LogP contribution in [0, 0.1) is 6.92 Å². The van der Waals surface area contributed by atoms with Crippen LogP contribution < -0.4 is 10.2 Å². The molecule has 26 heavy (non-hydrogen) atoms. The molecule has 1 aromatic carbocycles. The topological polar surface area (TPSA) is 79.4 Å². The van der Waals surface area contributed by atoms with Gasteiger partial charge in [-0.05, 0) is 49.2 Å². The number of hydrogen-bond acceptors (Lipinski definition) is 5. The lowest BCUT2D eigenvalue weighted by Crippen LogP contribution is -2.33. The molecule has 6 nitrogen and oxygen atoms in total. The van der Waals surface area contributed by atoms with Crippen LogP contribution in [0.3, 0.4) is 0 Å². The highest BCUT2D eigenvalue weighted by Gasteiger charge is 2.31. The van der Waals surface area contributed by atoms with E-state index in [0.29, 0.717) is 28.5 Å². The van der Waals surface area contributed by atoms with E-state index in [0.717, 1.165) is 5.56 Å². The molecule has 0 aliphatic carbocycles. The van der Waals surface area contributed by atoms with E-state index in [9.17, 15) is 13.2 Å². The summed E-state index contributed by atoms with van der Waals surface area (Å²) in [6, 6.07) is 8.59. The van der Waals surface area contributed by atoms with E-state index >= 15 is 0 Å². The lowest BCUT2D eigenvalue weighted by atomic mass is 10.2. The van der Waals surface area contributed by atoms with Crippen molar-refractivity contribution in [1.29, 1.82) is 0 Å². The van der Waals surface area contributed by atoms with E-state index in [-0.39, 0.29) is 23.5 Å². The van der Waals surface area contributed by atoms with Gasteiger partial charge >= 0.3 is 0 Å². The molecule has 2 heterocycles. The second-order valence-corrected chi connectivity index (χ2v) is 9.15. The van der Waals surface area contributed by atoms with Gasteiger partial charge in [0.15, 0.2) is 9.84 Å². The van der Waals surface area contributed by atoms with Gasteiger partial charge in [0.05, 0.1) is 17.1 Å². The Morgan fingerprint density at radius 2 is 2.08 bits per heavy atom. The maximum atomic E-state index is 12.4. The molecule has 1 aliphatic rings. The summed E-state index contributed by atoms with van der Waals surface area (Å²) < 4.78 is 23.3. The molecular formula is C18H20ClN3O3S. The van der Waals surface area contributed by atoms with Gasteiger partial charge in [-0.1, -0.05) is 11.6 Å². The summed E-state index contributed by atoms with van der Waals surface area (Å²) in [7, 11) is -1.13. The molecule has 1 fully saturated rings. The number of sulfone groups is 1. The van der Waals surface area contributed by atoms with E-state index < -0.39 is 9.84 Å². The molecule has 0 spiro atoms. The minimum absolute atomic E-state index is 0.0797. The van der Waals surface area contributed by atoms with Crippen LogP contribution in [0.2, 0.25) is 5.02 Å². The molecule has 3 rings (SSSR count). The summed E-state index contributed by atoms with van der Waals surface area (Å²) in [6.07, 6.45) is 2.09. The van der Waals surface area contributed by atoms with Crippen molar-refractivity contribution in [2.24, 2.45) is 0 Å². The summed E-state index contributed by atoms with van der Waals surface area (Å²) in [5, 5.41) is 3.45. The van der Waals surface area contributed by atoms with E-state index in [1.54, 1.807) is 30.3 Å². The van der Waals surface area contributed by atoms with Crippen LogP contribution >= 0.6 is 11.6 Å². The number of carbonyl (C=O) groups is 1. The largest absolute Gasteiger partial charge is 0.356 e. The zero-order chi connectivity index (χ0) is 18.9. The first kappa shape index (κ1) is 18.7. The van der Waals surface area contributed by atoms with Crippen molar-refractivity contribution in [3.63, 3.8) is 0 Å². The number of anilines is 2. The number of carbonyl (C=O) groups excluding carboxylic acids is 1. The third-order valence-corrected chi connectivity index (χ3v) is 6.55. The normalized spacial score (nSPS) is 18.5. The number of amides is 1. The average molecular weight is 394 g/mol. The fraction of sp³-hybridized carbons (Fsp3) is 0.333. The number of halogens is 1. The molecule has 1 atom stereocenters. The minimum Gasteiger partial charge on any atom is -0.356 e. The van der Waals surface area contributed by atoms with Crippen molar-refractivity contribution in [3.8, 4) is 0 Å². The lowest BCUT2D eigenvalue weighted by Gasteiger charge is -2.24. The second-order valence-electron chi connectivity index (χ2n) is 6.49. The van der Waals surface area contributed by atoms with Crippen molar-refractivity contribution in [2.75, 3.05) is 28.8 Å². The number of benzene rings is 1. The maximum absolute atomic E-state index is 12.4. The molecule has 1 N–H and O–H groups in total. The second kappa shape index (κ2) is 7.25. The zero-order valence-corrected chi connectivity index (χ0v) is 16.1. The van der Waals surface area contributed by atoms with Gasteiger partial charge in [0.1, 0.15) is 5.82 Å². The SMILES string of the molecule is Cc1cc(Cl)ccc1NC(=O)c1ccc(N(C)C2CCS(=O)(=O)C2)nc1. The summed E-state index contributed by atoms with van der Waals surface area (Å²) in [5.41, 5.74) is 1.99. The van der Waals surface area contributed by atoms with Gasteiger partial charge in [0.25, 0.3) is 5.91 Å². The van der Waals surface area contributed by atoms with Crippen LogP contribution in [0.4, 0.5) is 11.5 Å². The molecule has 8 heteroatoms. The van der Waals surface area contributed by atoms with Crippen LogP contribution in [0.15, 0.2) is 36.5 Å². The van der Waals surface area contributed by atoms with Gasteiger partial charge < -0.3 is 10.2 Å². The van der Waals surface area contributed by atoms with Crippen molar-refractivity contribution in [3.05, 3.63) is 52.7 Å². The Kier molecular flexibility index (Phi) is 5.20. The highest BCUT2D eigenvalue weighted by atomic mass is 35.5. The standard InChI is InChI=1S/C18H20ClN3O3S/c1-12-9-14(19)4-5-16(12)21-18(23)13-3-6-17(20-10-13)22(2)15-7-8-26(24,25)11-15/h3-6,9-10,15H,7-8,11H2,1-2H3,(H,21,23). The first-order chi connectivity index (χ1) is 12.2. The Hall–Kier alpha value is -2.12. The smallest absolute Gasteiger partial charge is 0.257 e. The van der Waals surface area contributed by atoms with Gasteiger partial charge in [-0.2, -0.15) is 0 Å². The van der Waals surface area contributed by atoms with Gasteiger partial charge in [0.2, 0.25) is 0 Å². The molecule has 0 radical (unpaired) electrons. The molecule has 0 bridgehead atoms. The third kappa shape index (κ3) is 4.16. The molecule has 1 aliphatic heterocycles. The van der Waals surface area contributed by atoms with Gasteiger partial charge in [-0.15, -0.1) is 0 Å². The van der Waals surface area contributed by atoms with Crippen LogP contribution in [0.1, 0.15) is 22.3 Å². The lowest BCUT2D eigenvalue weighted by molar-refractivity contribution is 0.102. The number of nitrogens with zero attached hydrogens (tertiary/aromatic N) is 2. The summed E-state index contributed by atoms with van der Waals surface area (Å²) >= 11 is 5.92. The number of rotatable bonds is 4. The van der Waals surface area contributed by atoms with E-state index in [2.05, 4.69) is 10.3 Å². The first-order valence-electron chi connectivity index (χ1n) is 8.22. The van der Waals surface area contributed by atoms with Crippen LogP contribution in [-0.2, 0) is 9.84 Å². The van der Waals surface area contributed by atoms with Crippen LogP contribution in [0.5, 0.6) is 0 Å². The first-order valence-corrected chi connectivity index (χ1v) is 10.4. The Morgan fingerprint density at radius 3 is 2.65 bits per heavy atom. The molecule has 1 aromatic heterocycles. The molecule has 1 saturated heterocycles. The molecular weight excluding hydrogens is 374 g/mol. The Bertz CT molecular complexity index is 929. The van der Waals surface area contributed by atoms with Crippen molar-refractivity contribution in [2.45, 2.75) is 19.4 Å². The fourth-order valence-corrected chi connectivity index (χ4v) is 4.96. The highest BCUT2D eigenvalue weighted by molar-refractivity contribution is 7.91. The number of nitrogens with one attached hydrogen (secondary N) is 1. The van der Waals surface area contributed by atoms with Crippen molar-refractivity contribution < 1.29 is 13.2 Å². The summed E-state index contributed by atoms with van der Waals surface area (Å²) in [6.45, 7) is 1.87. The Balaban J connectivity index is 1.70. The zero-order valence-electron chi connectivity index (χ0n) is 14.6. The van der Waals surface area contributed by atoms with E-state index in [1.807, 2.05) is 18.9 Å². The van der Waals surface area contributed by atoms with Crippen LogP contribution in [0.25, 0.3) is 0 Å². The van der Waals surface area contributed by atoms with Gasteiger partial charge in [-0.3, -0.25) is 4.79 Å². The summed E-state index contributed by atoms with van der Waals surface area (Å²) in [5.74, 6) is 0.735. The maximum Gasteiger partial charge on any atom is 0.257 e. The number of aryl methyl sites for hydroxylation is 1. The Morgan fingerprint density at radius 1 is 1.31 bits per heavy atom. The van der Waals surface area contributed by atoms with Gasteiger partial charge in [-0.25, -0.2) is 13.4 Å².